The van der Waals surface area contributed by atoms with Crippen molar-refractivity contribution in [3.8, 4) is 0 Å². The molecule has 3 saturated heterocycles. The molecule has 3 heterocycles. The lowest BCUT2D eigenvalue weighted by Crippen LogP contribution is -2.49. The molecule has 1 aromatic carbocycles. The zero-order valence-corrected chi connectivity index (χ0v) is 13.7. The number of benzene rings is 1. The van der Waals surface area contributed by atoms with Crippen LogP contribution in [0.3, 0.4) is 0 Å². The van der Waals surface area contributed by atoms with E-state index in [-0.39, 0.29) is 18.0 Å². The fraction of sp³-hybridized carbons (Fsp3) is 0.533. The summed E-state index contributed by atoms with van der Waals surface area (Å²) in [6.07, 6.45) is 2.91. The van der Waals surface area contributed by atoms with E-state index in [0.717, 1.165) is 12.8 Å². The van der Waals surface area contributed by atoms with Gasteiger partial charge in [0.05, 0.1) is 6.26 Å². The number of sulfonamides is 1. The standard InChI is InChI=1S/C15H20FN3O3S/c1-23(21,22)18-8-11-5-6-14(10-18)19(9-11)15(20)17-13-4-2-3-12(16)7-13/h2-4,7,11,14H,5-6,8-10H2,1H3,(H,17,20)/t11-,14+/m0/s1. The van der Waals surface area contributed by atoms with Crippen molar-refractivity contribution in [3.05, 3.63) is 30.1 Å². The zero-order chi connectivity index (χ0) is 16.6. The monoisotopic (exact) mass is 341 g/mol. The van der Waals surface area contributed by atoms with Crippen LogP contribution in [0.5, 0.6) is 0 Å². The predicted octanol–water partition coefficient (Wildman–Crippen LogP) is 1.71. The largest absolute Gasteiger partial charge is 0.322 e. The molecular formula is C15H20FN3O3S. The molecule has 126 valence electrons. The summed E-state index contributed by atoms with van der Waals surface area (Å²) in [5.74, 6) is -0.273. The summed E-state index contributed by atoms with van der Waals surface area (Å²) in [7, 11) is -3.26. The topological polar surface area (TPSA) is 69.7 Å². The number of carbonyl (C=O) groups is 1. The van der Waals surface area contributed by atoms with E-state index in [1.54, 1.807) is 11.0 Å². The minimum absolute atomic E-state index is 0.140. The van der Waals surface area contributed by atoms with Crippen LogP contribution in [0.25, 0.3) is 0 Å². The van der Waals surface area contributed by atoms with Crippen LogP contribution < -0.4 is 5.32 Å². The summed E-state index contributed by atoms with van der Waals surface area (Å²) < 4.78 is 38.3. The smallest absolute Gasteiger partial charge is 0.320 e. The van der Waals surface area contributed by atoms with Crippen molar-refractivity contribution in [2.45, 2.75) is 18.9 Å². The molecular weight excluding hydrogens is 321 g/mol. The van der Waals surface area contributed by atoms with Gasteiger partial charge in [-0.05, 0) is 37.0 Å². The van der Waals surface area contributed by atoms with Crippen LogP contribution in [0.15, 0.2) is 24.3 Å². The first kappa shape index (κ1) is 16.2. The number of fused-ring (bicyclic) bond motifs is 4. The van der Waals surface area contributed by atoms with Crippen LogP contribution in [0.1, 0.15) is 12.8 Å². The molecule has 2 bridgehead atoms. The second kappa shape index (κ2) is 6.09. The first-order valence-corrected chi connectivity index (χ1v) is 9.46. The highest BCUT2D eigenvalue weighted by atomic mass is 32.2. The third-order valence-electron chi connectivity index (χ3n) is 4.49. The summed E-state index contributed by atoms with van der Waals surface area (Å²) >= 11 is 0. The normalized spacial score (nSPS) is 25.2. The minimum Gasteiger partial charge on any atom is -0.320 e. The van der Waals surface area contributed by atoms with E-state index in [9.17, 15) is 17.6 Å². The van der Waals surface area contributed by atoms with Gasteiger partial charge in [0.1, 0.15) is 5.82 Å². The first-order valence-electron chi connectivity index (χ1n) is 7.61. The third kappa shape index (κ3) is 3.64. The Hall–Kier alpha value is -1.67. The zero-order valence-electron chi connectivity index (χ0n) is 12.9. The lowest BCUT2D eigenvalue weighted by molar-refractivity contribution is 0.153. The van der Waals surface area contributed by atoms with Gasteiger partial charge in [-0.1, -0.05) is 6.07 Å². The number of nitrogens with zero attached hydrogens (tertiary/aromatic N) is 2. The van der Waals surface area contributed by atoms with Gasteiger partial charge >= 0.3 is 6.03 Å². The van der Waals surface area contributed by atoms with Crippen LogP contribution in [0, 0.1) is 11.7 Å². The maximum Gasteiger partial charge on any atom is 0.322 e. The lowest BCUT2D eigenvalue weighted by Gasteiger charge is -2.36. The van der Waals surface area contributed by atoms with E-state index < -0.39 is 15.8 Å². The number of amides is 2. The van der Waals surface area contributed by atoms with Crippen molar-refractivity contribution in [1.29, 1.82) is 0 Å². The summed E-state index contributed by atoms with van der Waals surface area (Å²) in [5.41, 5.74) is 0.398. The Morgan fingerprint density at radius 1 is 1.26 bits per heavy atom. The second-order valence-corrected chi connectivity index (χ2v) is 8.25. The Balaban J connectivity index is 1.75. The van der Waals surface area contributed by atoms with Crippen molar-refractivity contribution in [2.24, 2.45) is 5.92 Å². The molecule has 2 atom stereocenters. The molecule has 0 saturated carbocycles. The summed E-state index contributed by atoms with van der Waals surface area (Å²) in [6.45, 7) is 1.31. The average molecular weight is 341 g/mol. The van der Waals surface area contributed by atoms with Crippen molar-refractivity contribution in [2.75, 3.05) is 31.2 Å². The van der Waals surface area contributed by atoms with Gasteiger partial charge < -0.3 is 10.2 Å². The molecule has 6 nitrogen and oxygen atoms in total. The lowest BCUT2D eigenvalue weighted by atomic mass is 9.95. The minimum atomic E-state index is -3.26. The number of carbonyl (C=O) groups excluding carboxylic acids is 1. The van der Waals surface area contributed by atoms with Gasteiger partial charge in [0.25, 0.3) is 0 Å². The first-order chi connectivity index (χ1) is 10.8. The van der Waals surface area contributed by atoms with E-state index in [4.69, 9.17) is 0 Å². The molecule has 0 unspecified atom stereocenters. The maximum absolute atomic E-state index is 13.2. The molecule has 4 rings (SSSR count). The van der Waals surface area contributed by atoms with Gasteiger partial charge in [0, 0.05) is 31.4 Å². The van der Waals surface area contributed by atoms with E-state index >= 15 is 0 Å². The third-order valence-corrected chi connectivity index (χ3v) is 5.72. The Labute approximate surface area is 135 Å². The van der Waals surface area contributed by atoms with Crippen LogP contribution >= 0.6 is 0 Å². The van der Waals surface area contributed by atoms with Crippen LogP contribution in [-0.2, 0) is 10.0 Å². The average Bonchev–Trinajstić information content (AvgIpc) is 2.78. The summed E-state index contributed by atoms with van der Waals surface area (Å²) in [5, 5.41) is 2.70. The quantitative estimate of drug-likeness (QED) is 0.890. The molecule has 0 spiro atoms. The Kier molecular flexibility index (Phi) is 4.29. The van der Waals surface area contributed by atoms with Gasteiger partial charge in [-0.3, -0.25) is 0 Å². The van der Waals surface area contributed by atoms with Gasteiger partial charge in [-0.2, -0.15) is 4.31 Å². The number of nitrogens with one attached hydrogen (secondary N) is 1. The predicted molar refractivity (Wildman–Crippen MR) is 85.1 cm³/mol. The van der Waals surface area contributed by atoms with Crippen molar-refractivity contribution < 1.29 is 17.6 Å². The number of halogens is 1. The second-order valence-electron chi connectivity index (χ2n) is 6.27. The number of piperidine rings is 1. The molecule has 8 heteroatoms. The van der Waals surface area contributed by atoms with Crippen molar-refractivity contribution in [1.82, 2.24) is 9.21 Å². The fourth-order valence-electron chi connectivity index (χ4n) is 3.32. The number of hydrogen-bond acceptors (Lipinski definition) is 3. The molecule has 23 heavy (non-hydrogen) atoms. The number of hydrogen-bond donors (Lipinski definition) is 1. The Morgan fingerprint density at radius 3 is 2.74 bits per heavy atom. The fourth-order valence-corrected chi connectivity index (χ4v) is 4.24. The highest BCUT2D eigenvalue weighted by Crippen LogP contribution is 2.29. The van der Waals surface area contributed by atoms with Crippen molar-refractivity contribution in [3.63, 3.8) is 0 Å². The number of anilines is 1. The Bertz CT molecular complexity index is 710. The summed E-state index contributed by atoms with van der Waals surface area (Å²) in [4.78, 5) is 14.2. The molecule has 1 N–H and O–H groups in total. The van der Waals surface area contributed by atoms with Crippen LogP contribution in [0.2, 0.25) is 0 Å². The molecule has 3 aliphatic heterocycles. The van der Waals surface area contributed by atoms with Gasteiger partial charge in [0.15, 0.2) is 0 Å². The molecule has 0 radical (unpaired) electrons. The van der Waals surface area contributed by atoms with Gasteiger partial charge in [0.2, 0.25) is 10.0 Å². The Morgan fingerprint density at radius 2 is 2.04 bits per heavy atom. The van der Waals surface area contributed by atoms with E-state index in [1.165, 1.54) is 28.8 Å². The molecule has 0 aliphatic carbocycles. The number of urea groups is 1. The van der Waals surface area contributed by atoms with Crippen molar-refractivity contribution >= 4 is 21.7 Å². The molecule has 0 aromatic heterocycles. The highest BCUT2D eigenvalue weighted by molar-refractivity contribution is 7.88. The molecule has 2 amide bonds. The van der Waals surface area contributed by atoms with E-state index in [2.05, 4.69) is 5.32 Å². The highest BCUT2D eigenvalue weighted by Gasteiger charge is 2.39. The molecule has 3 fully saturated rings. The number of rotatable bonds is 2. The van der Waals surface area contributed by atoms with Gasteiger partial charge in [-0.25, -0.2) is 17.6 Å². The van der Waals surface area contributed by atoms with Crippen LogP contribution in [0.4, 0.5) is 14.9 Å². The molecule has 1 aromatic rings. The maximum atomic E-state index is 13.2. The SMILES string of the molecule is CS(=O)(=O)N1C[C@@H]2CC[C@H](C1)N(C(=O)Nc1cccc(F)c1)C2. The van der Waals surface area contributed by atoms with E-state index in [1.807, 2.05) is 0 Å². The van der Waals surface area contributed by atoms with E-state index in [0.29, 0.717) is 25.3 Å². The van der Waals surface area contributed by atoms with Crippen LogP contribution in [-0.4, -0.2) is 55.6 Å². The van der Waals surface area contributed by atoms with Gasteiger partial charge in [-0.15, -0.1) is 0 Å². The molecule has 3 aliphatic rings. The summed E-state index contributed by atoms with van der Waals surface area (Å²) in [6, 6.07) is 5.28.